The summed E-state index contributed by atoms with van der Waals surface area (Å²) in [6.45, 7) is 3.71. The van der Waals surface area contributed by atoms with Crippen molar-refractivity contribution < 1.29 is 19.1 Å². The molecule has 0 aliphatic carbocycles. The molecule has 4 heteroatoms. The first kappa shape index (κ1) is 17.4. The largest absolute Gasteiger partial charge is 0.423 e. The molecule has 2 rings (SSSR count). The Bertz CT molecular complexity index is 743. The number of allylic oxidation sites excluding steroid dienone is 1. The van der Waals surface area contributed by atoms with Gasteiger partial charge in [-0.2, -0.15) is 0 Å². The van der Waals surface area contributed by atoms with Gasteiger partial charge in [-0.25, -0.2) is 4.79 Å². The predicted molar refractivity (Wildman–Crippen MR) is 92.9 cm³/mol. The van der Waals surface area contributed by atoms with Gasteiger partial charge >= 0.3 is 5.97 Å². The van der Waals surface area contributed by atoms with Gasteiger partial charge in [0, 0.05) is 12.7 Å². The molecule has 122 valence electrons. The minimum absolute atomic E-state index is 0.0676. The van der Waals surface area contributed by atoms with Gasteiger partial charge in [-0.05, 0) is 23.8 Å². The van der Waals surface area contributed by atoms with Crippen molar-refractivity contribution in [3.05, 3.63) is 84.0 Å². The summed E-state index contributed by atoms with van der Waals surface area (Å²) in [6.07, 6.45) is 3.22. The molecule has 2 aromatic rings. The molecule has 0 amide bonds. The maximum Gasteiger partial charge on any atom is 0.341 e. The minimum Gasteiger partial charge on any atom is -0.423 e. The monoisotopic (exact) mass is 322 g/mol. The first-order chi connectivity index (χ1) is 11.6. The van der Waals surface area contributed by atoms with Gasteiger partial charge in [-0.3, -0.25) is 4.79 Å². The number of benzene rings is 2. The van der Waals surface area contributed by atoms with Gasteiger partial charge < -0.3 is 9.47 Å². The number of rotatable bonds is 7. The highest BCUT2D eigenvalue weighted by Gasteiger charge is 2.09. The molecule has 0 aliphatic heterocycles. The highest BCUT2D eigenvalue weighted by molar-refractivity contribution is 6.06. The Labute approximate surface area is 141 Å². The summed E-state index contributed by atoms with van der Waals surface area (Å²) in [5.41, 5.74) is 1.71. The molecule has 0 saturated carbocycles. The second-order valence-corrected chi connectivity index (χ2v) is 5.06. The maximum absolute atomic E-state index is 12.0. The molecule has 0 unspecified atom stereocenters. The fraction of sp³-hybridized carbons (Fsp3) is 0.100. The number of carbonyl (C=O) groups is 2. The molecule has 0 bridgehead atoms. The Morgan fingerprint density at radius 3 is 2.33 bits per heavy atom. The lowest BCUT2D eigenvalue weighted by Gasteiger charge is -2.06. The Morgan fingerprint density at radius 2 is 1.71 bits per heavy atom. The van der Waals surface area contributed by atoms with Crippen LogP contribution in [0.15, 0.2) is 72.8 Å². The smallest absolute Gasteiger partial charge is 0.341 e. The Kier molecular flexibility index (Phi) is 6.23. The molecule has 0 saturated heterocycles. The van der Waals surface area contributed by atoms with Crippen LogP contribution in [0.2, 0.25) is 0 Å². The molecule has 0 fully saturated rings. The number of hydrogen-bond donors (Lipinski definition) is 0. The van der Waals surface area contributed by atoms with Crippen molar-refractivity contribution >= 4 is 17.8 Å². The third-order valence-electron chi connectivity index (χ3n) is 3.18. The Hall–Kier alpha value is -2.98. The zero-order valence-electron chi connectivity index (χ0n) is 13.4. The lowest BCUT2D eigenvalue weighted by Crippen LogP contribution is -2.13. The van der Waals surface area contributed by atoms with E-state index in [1.807, 2.05) is 18.2 Å². The van der Waals surface area contributed by atoms with Gasteiger partial charge in [-0.15, -0.1) is 0 Å². The first-order valence-corrected chi connectivity index (χ1v) is 7.36. The topological polar surface area (TPSA) is 52.6 Å². The van der Waals surface area contributed by atoms with Crippen molar-refractivity contribution in [1.29, 1.82) is 0 Å². The van der Waals surface area contributed by atoms with Crippen LogP contribution < -0.4 is 4.74 Å². The molecule has 0 N–H and O–H groups in total. The van der Waals surface area contributed by atoms with Crippen molar-refractivity contribution in [2.45, 2.75) is 0 Å². The quantitative estimate of drug-likeness (QED) is 0.338. The summed E-state index contributed by atoms with van der Waals surface area (Å²) in [5, 5.41) is 0. The maximum atomic E-state index is 12.0. The van der Waals surface area contributed by atoms with E-state index in [4.69, 9.17) is 9.47 Å². The van der Waals surface area contributed by atoms with E-state index < -0.39 is 5.97 Å². The van der Waals surface area contributed by atoms with Gasteiger partial charge in [0.1, 0.15) is 5.75 Å². The Morgan fingerprint density at radius 1 is 1.04 bits per heavy atom. The van der Waals surface area contributed by atoms with Crippen molar-refractivity contribution in [3.63, 3.8) is 0 Å². The van der Waals surface area contributed by atoms with Crippen molar-refractivity contribution in [3.8, 4) is 5.75 Å². The summed E-state index contributed by atoms with van der Waals surface area (Å²) in [6, 6.07) is 15.9. The first-order valence-electron chi connectivity index (χ1n) is 7.36. The number of carbonyl (C=O) groups excluding carboxylic acids is 2. The third kappa shape index (κ3) is 5.04. The fourth-order valence-electron chi connectivity index (χ4n) is 1.93. The number of hydrogen-bond acceptors (Lipinski definition) is 4. The third-order valence-corrected chi connectivity index (χ3v) is 3.18. The normalized spacial score (nSPS) is 10.5. The van der Waals surface area contributed by atoms with Crippen LogP contribution in [0.25, 0.3) is 6.08 Å². The molecular formula is C20H18O4. The molecule has 24 heavy (non-hydrogen) atoms. The second-order valence-electron chi connectivity index (χ2n) is 5.06. The van der Waals surface area contributed by atoms with Gasteiger partial charge in [0.2, 0.25) is 0 Å². The molecule has 0 atom stereocenters. The van der Waals surface area contributed by atoms with Gasteiger partial charge in [-0.1, -0.05) is 55.1 Å². The summed E-state index contributed by atoms with van der Waals surface area (Å²) < 4.78 is 10.0. The van der Waals surface area contributed by atoms with Crippen LogP contribution in [0, 0.1) is 0 Å². The zero-order chi connectivity index (χ0) is 17.4. The summed E-state index contributed by atoms with van der Waals surface area (Å²) >= 11 is 0. The zero-order valence-corrected chi connectivity index (χ0v) is 13.4. The SMILES string of the molecule is C=C(COC)C(=O)Oc1ccc(C=CC(=O)c2ccccc2)cc1. The van der Waals surface area contributed by atoms with Crippen LogP contribution >= 0.6 is 0 Å². The fourth-order valence-corrected chi connectivity index (χ4v) is 1.93. The molecule has 4 nitrogen and oxygen atoms in total. The minimum atomic E-state index is -0.528. The van der Waals surface area contributed by atoms with E-state index in [0.717, 1.165) is 5.56 Å². The van der Waals surface area contributed by atoms with Crippen LogP contribution in [0.1, 0.15) is 15.9 Å². The molecular weight excluding hydrogens is 304 g/mol. The van der Waals surface area contributed by atoms with Crippen LogP contribution in [0.4, 0.5) is 0 Å². The predicted octanol–water partition coefficient (Wildman–Crippen LogP) is 3.69. The average molecular weight is 322 g/mol. The summed E-state index contributed by atoms with van der Waals surface area (Å²) in [4.78, 5) is 23.7. The lowest BCUT2D eigenvalue weighted by molar-refractivity contribution is -0.130. The van der Waals surface area contributed by atoms with Gasteiger partial charge in [0.05, 0.1) is 12.2 Å². The lowest BCUT2D eigenvalue weighted by atomic mass is 10.1. The van der Waals surface area contributed by atoms with Gasteiger partial charge in [0.25, 0.3) is 0 Å². The van der Waals surface area contributed by atoms with Crippen molar-refractivity contribution in [2.24, 2.45) is 0 Å². The highest BCUT2D eigenvalue weighted by atomic mass is 16.5. The van der Waals surface area contributed by atoms with E-state index in [1.165, 1.54) is 13.2 Å². The van der Waals surface area contributed by atoms with E-state index in [0.29, 0.717) is 11.3 Å². The van der Waals surface area contributed by atoms with Crippen LogP contribution in [-0.4, -0.2) is 25.5 Å². The number of ether oxygens (including phenoxy) is 2. The molecule has 2 aromatic carbocycles. The molecule has 0 spiro atoms. The van der Waals surface area contributed by atoms with Crippen LogP contribution in [-0.2, 0) is 9.53 Å². The molecule has 0 heterocycles. The molecule has 0 radical (unpaired) electrons. The van der Waals surface area contributed by atoms with Crippen molar-refractivity contribution in [2.75, 3.05) is 13.7 Å². The number of ketones is 1. The van der Waals surface area contributed by atoms with Crippen molar-refractivity contribution in [1.82, 2.24) is 0 Å². The number of esters is 1. The van der Waals surface area contributed by atoms with E-state index in [-0.39, 0.29) is 18.0 Å². The average Bonchev–Trinajstić information content (AvgIpc) is 2.61. The van der Waals surface area contributed by atoms with E-state index >= 15 is 0 Å². The second kappa shape index (κ2) is 8.60. The van der Waals surface area contributed by atoms with Crippen LogP contribution in [0.5, 0.6) is 5.75 Å². The highest BCUT2D eigenvalue weighted by Crippen LogP contribution is 2.15. The molecule has 0 aromatic heterocycles. The van der Waals surface area contributed by atoms with E-state index in [2.05, 4.69) is 6.58 Å². The Balaban J connectivity index is 1.97. The summed E-state index contributed by atoms with van der Waals surface area (Å²) in [5.74, 6) is -0.190. The van der Waals surface area contributed by atoms with Gasteiger partial charge in [0.15, 0.2) is 5.78 Å². The van der Waals surface area contributed by atoms with Crippen LogP contribution in [0.3, 0.4) is 0 Å². The van der Waals surface area contributed by atoms with E-state index in [1.54, 1.807) is 42.5 Å². The van der Waals surface area contributed by atoms with E-state index in [9.17, 15) is 9.59 Å². The standard InChI is InChI=1S/C20H18O4/c1-15(14-23-2)20(22)24-18-11-8-16(9-12-18)10-13-19(21)17-6-4-3-5-7-17/h3-13H,1,14H2,2H3. The molecule has 0 aliphatic rings. The number of methoxy groups -OCH3 is 1. The summed E-state index contributed by atoms with van der Waals surface area (Å²) in [7, 11) is 1.48.